The standard InChI is InChI=1S/C16H28N2S/c1-6-8-17-10-16-9-15(14(5)19-16)12-18(7-2)11-13(3)4/h9,17H,3,6-8,10-12H2,1-2,4-5H3. The van der Waals surface area contributed by atoms with E-state index < -0.39 is 0 Å². The summed E-state index contributed by atoms with van der Waals surface area (Å²) in [5, 5.41) is 3.47. The van der Waals surface area contributed by atoms with E-state index in [9.17, 15) is 0 Å². The molecule has 1 heterocycles. The first-order chi connectivity index (χ1) is 9.06. The number of nitrogens with zero attached hydrogens (tertiary/aromatic N) is 1. The van der Waals surface area contributed by atoms with Gasteiger partial charge in [0.1, 0.15) is 0 Å². The Kier molecular flexibility index (Phi) is 7.36. The van der Waals surface area contributed by atoms with Crippen molar-refractivity contribution in [1.82, 2.24) is 10.2 Å². The van der Waals surface area contributed by atoms with E-state index in [1.165, 1.54) is 27.3 Å². The van der Waals surface area contributed by atoms with Gasteiger partial charge in [-0.25, -0.2) is 0 Å². The lowest BCUT2D eigenvalue weighted by Crippen LogP contribution is -2.24. The van der Waals surface area contributed by atoms with Crippen LogP contribution < -0.4 is 5.32 Å². The number of rotatable bonds is 9. The molecule has 2 nitrogen and oxygen atoms in total. The van der Waals surface area contributed by atoms with Crippen LogP contribution in [0.5, 0.6) is 0 Å². The summed E-state index contributed by atoms with van der Waals surface area (Å²) < 4.78 is 0. The van der Waals surface area contributed by atoms with E-state index in [4.69, 9.17) is 0 Å². The highest BCUT2D eigenvalue weighted by atomic mass is 32.1. The summed E-state index contributed by atoms with van der Waals surface area (Å²) in [6, 6.07) is 2.36. The van der Waals surface area contributed by atoms with Crippen molar-refractivity contribution >= 4 is 11.3 Å². The Morgan fingerprint density at radius 3 is 2.74 bits per heavy atom. The molecule has 0 spiro atoms. The van der Waals surface area contributed by atoms with Crippen molar-refractivity contribution in [2.24, 2.45) is 0 Å². The molecule has 0 atom stereocenters. The van der Waals surface area contributed by atoms with Gasteiger partial charge in [-0.3, -0.25) is 4.90 Å². The molecule has 3 heteroatoms. The summed E-state index contributed by atoms with van der Waals surface area (Å²) >= 11 is 1.92. The fourth-order valence-electron chi connectivity index (χ4n) is 2.12. The molecule has 1 N–H and O–H groups in total. The van der Waals surface area contributed by atoms with Gasteiger partial charge in [0.05, 0.1) is 0 Å². The van der Waals surface area contributed by atoms with Crippen molar-refractivity contribution in [2.75, 3.05) is 19.6 Å². The Balaban J connectivity index is 2.59. The molecule has 108 valence electrons. The van der Waals surface area contributed by atoms with Crippen LogP contribution in [-0.2, 0) is 13.1 Å². The molecule has 0 bridgehead atoms. The van der Waals surface area contributed by atoms with E-state index in [-0.39, 0.29) is 0 Å². The van der Waals surface area contributed by atoms with Crippen LogP contribution in [0.4, 0.5) is 0 Å². The Hall–Kier alpha value is -0.640. The molecule has 0 aromatic carbocycles. The number of hydrogen-bond donors (Lipinski definition) is 1. The predicted octanol–water partition coefficient (Wildman–Crippen LogP) is 3.95. The number of thiophene rings is 1. The summed E-state index contributed by atoms with van der Waals surface area (Å²) in [6.45, 7) is 18.0. The Bertz CT molecular complexity index is 395. The van der Waals surface area contributed by atoms with Gasteiger partial charge in [0.2, 0.25) is 0 Å². The maximum Gasteiger partial charge on any atom is 0.0299 e. The first-order valence-corrected chi connectivity index (χ1v) is 8.04. The highest BCUT2D eigenvalue weighted by Crippen LogP contribution is 2.23. The molecule has 19 heavy (non-hydrogen) atoms. The molecule has 0 radical (unpaired) electrons. The second kappa shape index (κ2) is 8.51. The maximum absolute atomic E-state index is 4.01. The fourth-order valence-corrected chi connectivity index (χ4v) is 3.15. The van der Waals surface area contributed by atoms with Crippen molar-refractivity contribution in [1.29, 1.82) is 0 Å². The zero-order chi connectivity index (χ0) is 14.3. The Labute approximate surface area is 122 Å². The molecular weight excluding hydrogens is 252 g/mol. The summed E-state index contributed by atoms with van der Waals surface area (Å²) in [6.07, 6.45) is 1.19. The van der Waals surface area contributed by atoms with Crippen LogP contribution in [0.3, 0.4) is 0 Å². The second-order valence-corrected chi connectivity index (χ2v) is 6.57. The van der Waals surface area contributed by atoms with Crippen molar-refractivity contribution in [3.8, 4) is 0 Å². The highest BCUT2D eigenvalue weighted by molar-refractivity contribution is 7.12. The molecule has 0 unspecified atom stereocenters. The number of nitrogens with one attached hydrogen (secondary N) is 1. The minimum atomic E-state index is 0.995. The Morgan fingerprint density at radius 1 is 1.42 bits per heavy atom. The zero-order valence-electron chi connectivity index (χ0n) is 12.9. The number of hydrogen-bond acceptors (Lipinski definition) is 3. The third kappa shape index (κ3) is 5.89. The highest BCUT2D eigenvalue weighted by Gasteiger charge is 2.09. The summed E-state index contributed by atoms with van der Waals surface area (Å²) in [5.74, 6) is 0. The molecule has 0 saturated carbocycles. The minimum Gasteiger partial charge on any atom is -0.312 e. The molecule has 0 saturated heterocycles. The van der Waals surface area contributed by atoms with Crippen molar-refractivity contribution in [2.45, 2.75) is 47.2 Å². The molecule has 0 amide bonds. The van der Waals surface area contributed by atoms with Crippen LogP contribution in [0.15, 0.2) is 18.2 Å². The van der Waals surface area contributed by atoms with E-state index >= 15 is 0 Å². The van der Waals surface area contributed by atoms with Gasteiger partial charge in [-0.2, -0.15) is 0 Å². The molecule has 0 fully saturated rings. The quantitative estimate of drug-likeness (QED) is 0.544. The molecule has 1 aromatic rings. The monoisotopic (exact) mass is 280 g/mol. The first-order valence-electron chi connectivity index (χ1n) is 7.22. The van der Waals surface area contributed by atoms with Crippen LogP contribution >= 0.6 is 11.3 Å². The van der Waals surface area contributed by atoms with Crippen LogP contribution in [-0.4, -0.2) is 24.5 Å². The molecule has 0 aliphatic rings. The van der Waals surface area contributed by atoms with Crippen LogP contribution in [0, 0.1) is 6.92 Å². The third-order valence-electron chi connectivity index (χ3n) is 3.13. The van der Waals surface area contributed by atoms with Gasteiger partial charge in [0.15, 0.2) is 0 Å². The maximum atomic E-state index is 4.01. The molecule has 1 rings (SSSR count). The van der Waals surface area contributed by atoms with Crippen LogP contribution in [0.2, 0.25) is 0 Å². The predicted molar refractivity (Wildman–Crippen MR) is 86.8 cm³/mol. The average molecular weight is 280 g/mol. The molecule has 1 aromatic heterocycles. The van der Waals surface area contributed by atoms with Gasteiger partial charge in [0, 0.05) is 29.4 Å². The molecule has 0 aliphatic carbocycles. The van der Waals surface area contributed by atoms with Gasteiger partial charge in [-0.1, -0.05) is 26.0 Å². The molecule has 0 aliphatic heterocycles. The van der Waals surface area contributed by atoms with Crippen LogP contribution in [0.1, 0.15) is 42.5 Å². The first kappa shape index (κ1) is 16.4. The smallest absolute Gasteiger partial charge is 0.0299 e. The lowest BCUT2D eigenvalue weighted by atomic mass is 10.2. The van der Waals surface area contributed by atoms with E-state index in [1.807, 2.05) is 11.3 Å². The van der Waals surface area contributed by atoms with E-state index in [0.717, 1.165) is 32.7 Å². The largest absolute Gasteiger partial charge is 0.312 e. The van der Waals surface area contributed by atoms with Gasteiger partial charge in [-0.05, 0) is 45.0 Å². The second-order valence-electron chi connectivity index (χ2n) is 5.23. The van der Waals surface area contributed by atoms with Crippen molar-refractivity contribution < 1.29 is 0 Å². The number of likely N-dealkylation sites (N-methyl/N-ethyl adjacent to an activating group) is 1. The summed E-state index contributed by atoms with van der Waals surface area (Å²) in [7, 11) is 0. The SMILES string of the molecule is C=C(C)CN(CC)Cc1cc(CNCCC)sc1C. The topological polar surface area (TPSA) is 15.3 Å². The third-order valence-corrected chi connectivity index (χ3v) is 4.23. The van der Waals surface area contributed by atoms with E-state index in [0.29, 0.717) is 0 Å². The lowest BCUT2D eigenvalue weighted by molar-refractivity contribution is 0.304. The Morgan fingerprint density at radius 2 is 2.16 bits per heavy atom. The van der Waals surface area contributed by atoms with Crippen LogP contribution in [0.25, 0.3) is 0 Å². The van der Waals surface area contributed by atoms with Gasteiger partial charge in [0.25, 0.3) is 0 Å². The zero-order valence-corrected chi connectivity index (χ0v) is 13.7. The van der Waals surface area contributed by atoms with E-state index in [2.05, 4.69) is 50.6 Å². The van der Waals surface area contributed by atoms with Gasteiger partial charge in [-0.15, -0.1) is 11.3 Å². The minimum absolute atomic E-state index is 0.995. The summed E-state index contributed by atoms with van der Waals surface area (Å²) in [5.41, 5.74) is 2.71. The van der Waals surface area contributed by atoms with E-state index in [1.54, 1.807) is 0 Å². The van der Waals surface area contributed by atoms with Crippen molar-refractivity contribution in [3.05, 3.63) is 33.5 Å². The number of aryl methyl sites for hydroxylation is 1. The summed E-state index contributed by atoms with van der Waals surface area (Å²) in [4.78, 5) is 5.35. The van der Waals surface area contributed by atoms with Gasteiger partial charge < -0.3 is 5.32 Å². The van der Waals surface area contributed by atoms with Crippen molar-refractivity contribution in [3.63, 3.8) is 0 Å². The normalized spacial score (nSPS) is 11.2. The van der Waals surface area contributed by atoms with Gasteiger partial charge >= 0.3 is 0 Å². The molecular formula is C16H28N2S. The fraction of sp³-hybridized carbons (Fsp3) is 0.625. The lowest BCUT2D eigenvalue weighted by Gasteiger charge is -2.20. The average Bonchev–Trinajstić information content (AvgIpc) is 2.69.